The zero-order valence-corrected chi connectivity index (χ0v) is 12.1. The molecule has 0 atom stereocenters. The molecular formula is C12H20ClN5. The second kappa shape index (κ2) is 5.91. The third-order valence-corrected chi connectivity index (χ3v) is 3.08. The van der Waals surface area contributed by atoms with Crippen LogP contribution in [0.2, 0.25) is 0 Å². The van der Waals surface area contributed by atoms with Crippen molar-refractivity contribution in [2.45, 2.75) is 33.9 Å². The van der Waals surface area contributed by atoms with Gasteiger partial charge < -0.3 is 5.32 Å². The highest BCUT2D eigenvalue weighted by atomic mass is 35.5. The molecule has 18 heavy (non-hydrogen) atoms. The fourth-order valence-electron chi connectivity index (χ4n) is 1.76. The van der Waals surface area contributed by atoms with E-state index < -0.39 is 0 Å². The normalized spacial score (nSPS) is 10.2. The Morgan fingerprint density at radius 1 is 1.33 bits per heavy atom. The number of rotatable bonds is 4. The van der Waals surface area contributed by atoms with E-state index in [1.165, 1.54) is 11.3 Å². The molecule has 0 radical (unpaired) electrons. The van der Waals surface area contributed by atoms with Crippen LogP contribution < -0.4 is 5.32 Å². The van der Waals surface area contributed by atoms with Crippen LogP contribution in [0.15, 0.2) is 12.4 Å². The van der Waals surface area contributed by atoms with Gasteiger partial charge in [-0.15, -0.1) is 12.4 Å². The maximum absolute atomic E-state index is 4.40. The third-order valence-electron chi connectivity index (χ3n) is 3.08. The number of hydrogen-bond acceptors (Lipinski definition) is 3. The lowest BCUT2D eigenvalue weighted by molar-refractivity contribution is 0.653. The molecule has 6 heteroatoms. The van der Waals surface area contributed by atoms with Gasteiger partial charge in [0.05, 0.1) is 17.6 Å². The van der Waals surface area contributed by atoms with Crippen LogP contribution in [0.3, 0.4) is 0 Å². The Hall–Kier alpha value is -1.49. The van der Waals surface area contributed by atoms with Crippen LogP contribution in [-0.4, -0.2) is 19.6 Å². The van der Waals surface area contributed by atoms with E-state index in [4.69, 9.17) is 0 Å². The van der Waals surface area contributed by atoms with Crippen molar-refractivity contribution in [3.63, 3.8) is 0 Å². The summed E-state index contributed by atoms with van der Waals surface area (Å²) in [6, 6.07) is 0. The molecule has 2 heterocycles. The Bertz CT molecular complexity index is 515. The maximum atomic E-state index is 4.40. The van der Waals surface area contributed by atoms with Crippen LogP contribution in [0.1, 0.15) is 23.9 Å². The number of anilines is 1. The topological polar surface area (TPSA) is 47.7 Å². The second-order valence-electron chi connectivity index (χ2n) is 4.22. The fraction of sp³-hybridized carbons (Fsp3) is 0.500. The molecule has 1 N–H and O–H groups in total. The molecule has 0 saturated heterocycles. The molecule has 5 nitrogen and oxygen atoms in total. The van der Waals surface area contributed by atoms with Crippen molar-refractivity contribution in [1.82, 2.24) is 19.6 Å². The Balaban J connectivity index is 0.00000162. The molecule has 2 rings (SSSR count). The highest BCUT2D eigenvalue weighted by molar-refractivity contribution is 5.85. The summed E-state index contributed by atoms with van der Waals surface area (Å²) in [5.74, 6) is 0. The van der Waals surface area contributed by atoms with Crippen LogP contribution in [-0.2, 0) is 20.1 Å². The monoisotopic (exact) mass is 269 g/mol. The second-order valence-corrected chi connectivity index (χ2v) is 4.22. The number of nitrogens with zero attached hydrogens (tertiary/aromatic N) is 4. The van der Waals surface area contributed by atoms with Gasteiger partial charge in [0.25, 0.3) is 0 Å². The van der Waals surface area contributed by atoms with Crippen LogP contribution in [0.25, 0.3) is 0 Å². The van der Waals surface area contributed by atoms with E-state index in [0.29, 0.717) is 0 Å². The smallest absolute Gasteiger partial charge is 0.0825 e. The van der Waals surface area contributed by atoms with Gasteiger partial charge in [-0.3, -0.25) is 9.36 Å². The van der Waals surface area contributed by atoms with E-state index in [9.17, 15) is 0 Å². The van der Waals surface area contributed by atoms with Gasteiger partial charge >= 0.3 is 0 Å². The molecule has 0 aliphatic heterocycles. The molecule has 100 valence electrons. The van der Waals surface area contributed by atoms with Crippen molar-refractivity contribution in [3.05, 3.63) is 29.3 Å². The zero-order valence-electron chi connectivity index (χ0n) is 11.3. The molecular weight excluding hydrogens is 250 g/mol. The zero-order chi connectivity index (χ0) is 12.4. The standard InChI is InChI=1S/C12H19N5.ClH/c1-5-17-8-12(9(2)15-17)13-6-11-7-14-16(4)10(11)3;/h7-8,13H,5-6H2,1-4H3;1H. The third kappa shape index (κ3) is 2.85. The average molecular weight is 270 g/mol. The van der Waals surface area contributed by atoms with Gasteiger partial charge in [-0.1, -0.05) is 0 Å². The van der Waals surface area contributed by atoms with E-state index in [1.54, 1.807) is 0 Å². The highest BCUT2D eigenvalue weighted by Gasteiger charge is 2.06. The van der Waals surface area contributed by atoms with Gasteiger partial charge in [0.2, 0.25) is 0 Å². The minimum atomic E-state index is 0. The molecule has 0 spiro atoms. The van der Waals surface area contributed by atoms with Crippen molar-refractivity contribution in [2.75, 3.05) is 5.32 Å². The molecule has 0 bridgehead atoms. The molecule has 2 aromatic rings. The highest BCUT2D eigenvalue weighted by Crippen LogP contribution is 2.15. The van der Waals surface area contributed by atoms with E-state index in [1.807, 2.05) is 35.7 Å². The van der Waals surface area contributed by atoms with Gasteiger partial charge in [-0.2, -0.15) is 10.2 Å². The first-order chi connectivity index (χ1) is 8.11. The van der Waals surface area contributed by atoms with E-state index in [2.05, 4.69) is 29.4 Å². The van der Waals surface area contributed by atoms with Crippen molar-refractivity contribution < 1.29 is 0 Å². The molecule has 0 saturated carbocycles. The van der Waals surface area contributed by atoms with Crippen molar-refractivity contribution in [1.29, 1.82) is 0 Å². The van der Waals surface area contributed by atoms with Gasteiger partial charge in [0.15, 0.2) is 0 Å². The Morgan fingerprint density at radius 3 is 2.56 bits per heavy atom. The number of nitrogens with one attached hydrogen (secondary N) is 1. The number of aromatic nitrogens is 4. The molecule has 0 aliphatic rings. The van der Waals surface area contributed by atoms with Crippen LogP contribution in [0.4, 0.5) is 5.69 Å². The molecule has 0 unspecified atom stereocenters. The van der Waals surface area contributed by atoms with Gasteiger partial charge in [-0.25, -0.2) is 0 Å². The summed E-state index contributed by atoms with van der Waals surface area (Å²) in [5, 5.41) is 12.0. The van der Waals surface area contributed by atoms with Crippen LogP contribution in [0, 0.1) is 13.8 Å². The quantitative estimate of drug-likeness (QED) is 0.926. The van der Waals surface area contributed by atoms with Crippen molar-refractivity contribution >= 4 is 18.1 Å². The summed E-state index contributed by atoms with van der Waals surface area (Å²) in [4.78, 5) is 0. The van der Waals surface area contributed by atoms with Gasteiger partial charge in [0, 0.05) is 37.6 Å². The minimum Gasteiger partial charge on any atom is -0.378 e. The first kappa shape index (κ1) is 14.6. The van der Waals surface area contributed by atoms with Crippen molar-refractivity contribution in [3.8, 4) is 0 Å². The number of halogens is 1. The molecule has 0 amide bonds. The molecule has 0 fully saturated rings. The molecule has 0 aromatic carbocycles. The van der Waals surface area contributed by atoms with Gasteiger partial charge in [-0.05, 0) is 20.8 Å². The Morgan fingerprint density at radius 2 is 2.06 bits per heavy atom. The predicted molar refractivity (Wildman–Crippen MR) is 75.2 cm³/mol. The van der Waals surface area contributed by atoms with Gasteiger partial charge in [0.1, 0.15) is 0 Å². The Kier molecular flexibility index (Phi) is 4.78. The summed E-state index contributed by atoms with van der Waals surface area (Å²) in [7, 11) is 1.96. The van der Waals surface area contributed by atoms with E-state index in [-0.39, 0.29) is 12.4 Å². The fourth-order valence-corrected chi connectivity index (χ4v) is 1.76. The minimum absolute atomic E-state index is 0. The lowest BCUT2D eigenvalue weighted by atomic mass is 10.2. The summed E-state index contributed by atoms with van der Waals surface area (Å²) < 4.78 is 3.83. The average Bonchev–Trinajstić information content (AvgIpc) is 2.82. The maximum Gasteiger partial charge on any atom is 0.0825 e. The first-order valence-corrected chi connectivity index (χ1v) is 5.87. The van der Waals surface area contributed by atoms with E-state index in [0.717, 1.165) is 24.5 Å². The SMILES string of the molecule is CCn1cc(NCc2cnn(C)c2C)c(C)n1.Cl. The van der Waals surface area contributed by atoms with Crippen LogP contribution >= 0.6 is 12.4 Å². The largest absolute Gasteiger partial charge is 0.378 e. The number of aryl methyl sites for hydroxylation is 3. The Labute approximate surface area is 114 Å². The summed E-state index contributed by atoms with van der Waals surface area (Å²) in [6.07, 6.45) is 3.95. The van der Waals surface area contributed by atoms with Crippen molar-refractivity contribution in [2.24, 2.45) is 7.05 Å². The predicted octanol–water partition coefficient (Wildman–Crippen LogP) is 2.29. The molecule has 0 aliphatic carbocycles. The molecule has 2 aromatic heterocycles. The summed E-state index contributed by atoms with van der Waals surface area (Å²) in [5.41, 5.74) is 4.54. The summed E-state index contributed by atoms with van der Waals surface area (Å²) in [6.45, 7) is 7.86. The number of hydrogen-bond donors (Lipinski definition) is 1. The first-order valence-electron chi connectivity index (χ1n) is 5.87. The van der Waals surface area contributed by atoms with E-state index >= 15 is 0 Å². The van der Waals surface area contributed by atoms with Crippen LogP contribution in [0.5, 0.6) is 0 Å². The lowest BCUT2D eigenvalue weighted by Gasteiger charge is -2.04. The summed E-state index contributed by atoms with van der Waals surface area (Å²) >= 11 is 0. The lowest BCUT2D eigenvalue weighted by Crippen LogP contribution is -2.01.